The number of amides is 2. The van der Waals surface area contributed by atoms with Gasteiger partial charge in [0.1, 0.15) is 17.7 Å². The van der Waals surface area contributed by atoms with Crippen molar-refractivity contribution < 1.29 is 14.3 Å². The summed E-state index contributed by atoms with van der Waals surface area (Å²) in [5, 5.41) is 6.07. The average Bonchev–Trinajstić information content (AvgIpc) is 3.72. The fourth-order valence-electron chi connectivity index (χ4n) is 5.52. The first kappa shape index (κ1) is 23.5. The maximum absolute atomic E-state index is 13.0. The number of alkyl carbamates (subject to hydrolysis) is 1. The first-order chi connectivity index (χ1) is 18.0. The van der Waals surface area contributed by atoms with Crippen molar-refractivity contribution in [3.63, 3.8) is 0 Å². The molecule has 0 spiro atoms. The predicted octanol–water partition coefficient (Wildman–Crippen LogP) is 3.94. The van der Waals surface area contributed by atoms with Gasteiger partial charge in [0.25, 0.3) is 0 Å². The van der Waals surface area contributed by atoms with Crippen molar-refractivity contribution in [2.75, 3.05) is 20.2 Å². The molecule has 2 aliphatic rings. The van der Waals surface area contributed by atoms with Gasteiger partial charge in [-0.1, -0.05) is 12.1 Å². The van der Waals surface area contributed by atoms with Crippen molar-refractivity contribution in [2.45, 2.75) is 50.7 Å². The molecule has 4 heterocycles. The molecule has 0 bridgehead atoms. The van der Waals surface area contributed by atoms with Gasteiger partial charge in [-0.3, -0.25) is 4.79 Å². The Morgan fingerprint density at radius 3 is 2.32 bits per heavy atom. The highest BCUT2D eigenvalue weighted by Gasteiger charge is 2.34. The van der Waals surface area contributed by atoms with Gasteiger partial charge in [-0.25, -0.2) is 14.8 Å². The zero-order valence-electron chi connectivity index (χ0n) is 21.0. The second-order valence-electron chi connectivity index (χ2n) is 9.90. The first-order valence-corrected chi connectivity index (χ1v) is 12.9. The van der Waals surface area contributed by atoms with Crippen molar-refractivity contribution in [3.05, 3.63) is 48.0 Å². The summed E-state index contributed by atoms with van der Waals surface area (Å²) in [4.78, 5) is 42.9. The molecule has 6 rings (SSSR count). The van der Waals surface area contributed by atoms with Gasteiger partial charge in [0.05, 0.1) is 41.3 Å². The molecule has 2 aromatic heterocycles. The van der Waals surface area contributed by atoms with Gasteiger partial charge in [0, 0.05) is 6.54 Å². The molecule has 3 atom stereocenters. The number of nitrogens with zero attached hydrogens (tertiary/aromatic N) is 3. The second-order valence-corrected chi connectivity index (χ2v) is 9.90. The van der Waals surface area contributed by atoms with Crippen LogP contribution in [0.25, 0.3) is 33.2 Å². The van der Waals surface area contributed by atoms with Crippen LogP contribution in [-0.4, -0.2) is 63.1 Å². The first-order valence-electron chi connectivity index (χ1n) is 12.9. The fraction of sp³-hybridized carbons (Fsp3) is 0.407. The van der Waals surface area contributed by atoms with Gasteiger partial charge < -0.3 is 30.2 Å². The monoisotopic (exact) mass is 501 g/mol. The summed E-state index contributed by atoms with van der Waals surface area (Å²) in [7, 11) is 1.28. The molecule has 10 nitrogen and oxygen atoms in total. The van der Waals surface area contributed by atoms with Crippen LogP contribution in [0, 0.1) is 0 Å². The number of hydrogen-bond donors (Lipinski definition) is 4. The Labute approximate surface area is 214 Å². The lowest BCUT2D eigenvalue weighted by Crippen LogP contribution is -2.46. The topological polar surface area (TPSA) is 128 Å². The van der Waals surface area contributed by atoms with Crippen molar-refractivity contribution >= 4 is 34.1 Å². The highest BCUT2D eigenvalue weighted by atomic mass is 16.5. The third-order valence-corrected chi connectivity index (χ3v) is 7.47. The number of H-pyrrole nitrogens is 2. The lowest BCUT2D eigenvalue weighted by molar-refractivity contribution is -0.134. The summed E-state index contributed by atoms with van der Waals surface area (Å²) in [5.41, 5.74) is 5.96. The number of fused-ring (bicyclic) bond motifs is 2. The summed E-state index contributed by atoms with van der Waals surface area (Å²) in [6.07, 6.45) is 3.36. The zero-order chi connectivity index (χ0) is 25.5. The number of aromatic nitrogens is 4. The van der Waals surface area contributed by atoms with Crippen LogP contribution in [0.2, 0.25) is 0 Å². The minimum atomic E-state index is -0.675. The maximum atomic E-state index is 13.0. The summed E-state index contributed by atoms with van der Waals surface area (Å²) < 4.78 is 4.63. The van der Waals surface area contributed by atoms with E-state index in [1.807, 2.05) is 6.07 Å². The number of rotatable bonds is 5. The number of ether oxygens (including phenoxy) is 1. The zero-order valence-corrected chi connectivity index (χ0v) is 21.0. The standard InChI is InChI=1S/C27H31N7O3/c1-15(29-27(36)37-2)26(35)34-12-4-6-23(34)25-31-19-10-8-17(14-22(19)33-25)16-7-9-18-21(13-16)32-24(30-18)20-5-3-11-28-20/h7-10,13-15,20,23,28H,3-6,11-12H2,1-2H3,(H,29,36)(H,30,32)(H,31,33)/t15-,20-,23-/m0/s1. The third-order valence-electron chi connectivity index (χ3n) is 7.47. The lowest BCUT2D eigenvalue weighted by Gasteiger charge is -2.26. The Bertz CT molecular complexity index is 1470. The van der Waals surface area contributed by atoms with Crippen LogP contribution in [-0.2, 0) is 9.53 Å². The molecule has 0 unspecified atom stereocenters. The van der Waals surface area contributed by atoms with E-state index in [0.717, 1.165) is 70.6 Å². The van der Waals surface area contributed by atoms with Gasteiger partial charge in [0.15, 0.2) is 0 Å². The van der Waals surface area contributed by atoms with E-state index < -0.39 is 12.1 Å². The van der Waals surface area contributed by atoms with E-state index >= 15 is 0 Å². The number of benzene rings is 2. The Morgan fingerprint density at radius 2 is 1.68 bits per heavy atom. The van der Waals surface area contributed by atoms with Crippen LogP contribution in [0.15, 0.2) is 36.4 Å². The summed E-state index contributed by atoms with van der Waals surface area (Å²) in [6.45, 7) is 3.33. The summed E-state index contributed by atoms with van der Waals surface area (Å²) in [5.74, 6) is 1.63. The third kappa shape index (κ3) is 4.42. The molecule has 2 aliphatic heterocycles. The van der Waals surface area contributed by atoms with E-state index in [0.29, 0.717) is 12.6 Å². The van der Waals surface area contributed by atoms with Crippen molar-refractivity contribution in [1.82, 2.24) is 35.5 Å². The van der Waals surface area contributed by atoms with E-state index in [1.54, 1.807) is 11.8 Å². The van der Waals surface area contributed by atoms with Crippen LogP contribution in [0.4, 0.5) is 4.79 Å². The Hall–Kier alpha value is -3.92. The van der Waals surface area contributed by atoms with Crippen molar-refractivity contribution in [3.8, 4) is 11.1 Å². The molecule has 0 aliphatic carbocycles. The molecule has 2 fully saturated rings. The van der Waals surface area contributed by atoms with E-state index in [1.165, 1.54) is 13.5 Å². The SMILES string of the molecule is COC(=O)N[C@@H](C)C(=O)N1CCC[C@H]1c1nc2ccc(-c3ccc4nc([C@@H]5CCCN5)[nH]c4c3)cc2[nH]1. The molecule has 0 saturated carbocycles. The molecule has 2 amide bonds. The minimum absolute atomic E-state index is 0.144. The van der Waals surface area contributed by atoms with E-state index in [-0.39, 0.29) is 11.9 Å². The quantitative estimate of drug-likeness (QED) is 0.328. The predicted molar refractivity (Wildman–Crippen MR) is 140 cm³/mol. The number of likely N-dealkylation sites (tertiary alicyclic amines) is 1. The molecular formula is C27H31N7O3. The average molecular weight is 502 g/mol. The van der Waals surface area contributed by atoms with Crippen molar-refractivity contribution in [2.24, 2.45) is 0 Å². The van der Waals surface area contributed by atoms with Gasteiger partial charge in [-0.2, -0.15) is 0 Å². The highest BCUT2D eigenvalue weighted by Crippen LogP contribution is 2.33. The van der Waals surface area contributed by atoms with Crippen LogP contribution < -0.4 is 10.6 Å². The number of nitrogens with one attached hydrogen (secondary N) is 4. The Kier molecular flexibility index (Phi) is 6.03. The smallest absolute Gasteiger partial charge is 0.407 e. The van der Waals surface area contributed by atoms with Crippen LogP contribution in [0.1, 0.15) is 56.3 Å². The maximum Gasteiger partial charge on any atom is 0.407 e. The molecule has 0 radical (unpaired) electrons. The number of methoxy groups -OCH3 is 1. The minimum Gasteiger partial charge on any atom is -0.453 e. The molecule has 4 N–H and O–H groups in total. The van der Waals surface area contributed by atoms with Crippen LogP contribution >= 0.6 is 0 Å². The highest BCUT2D eigenvalue weighted by molar-refractivity contribution is 5.87. The lowest BCUT2D eigenvalue weighted by atomic mass is 10.0. The van der Waals surface area contributed by atoms with E-state index in [9.17, 15) is 9.59 Å². The molecule has 37 heavy (non-hydrogen) atoms. The fourth-order valence-corrected chi connectivity index (χ4v) is 5.52. The number of aromatic amines is 2. The summed E-state index contributed by atoms with van der Waals surface area (Å²) >= 11 is 0. The number of carbonyl (C=O) groups is 2. The van der Waals surface area contributed by atoms with Gasteiger partial charge >= 0.3 is 6.09 Å². The largest absolute Gasteiger partial charge is 0.453 e. The molecule has 2 aromatic carbocycles. The Balaban J connectivity index is 1.25. The van der Waals surface area contributed by atoms with Crippen LogP contribution in [0.5, 0.6) is 0 Å². The van der Waals surface area contributed by atoms with Crippen molar-refractivity contribution in [1.29, 1.82) is 0 Å². The molecule has 10 heteroatoms. The molecular weight excluding hydrogens is 470 g/mol. The van der Waals surface area contributed by atoms with E-state index in [2.05, 4.69) is 55.7 Å². The van der Waals surface area contributed by atoms with Crippen LogP contribution in [0.3, 0.4) is 0 Å². The number of imidazole rings is 2. The summed E-state index contributed by atoms with van der Waals surface area (Å²) in [6, 6.07) is 12.0. The Morgan fingerprint density at radius 1 is 1.00 bits per heavy atom. The normalized spacial score (nSPS) is 20.5. The molecule has 2 saturated heterocycles. The van der Waals surface area contributed by atoms with Gasteiger partial charge in [-0.15, -0.1) is 0 Å². The molecule has 4 aromatic rings. The molecule has 192 valence electrons. The second kappa shape index (κ2) is 9.51. The van der Waals surface area contributed by atoms with Gasteiger partial charge in [0.2, 0.25) is 5.91 Å². The van der Waals surface area contributed by atoms with E-state index in [4.69, 9.17) is 9.97 Å². The number of hydrogen-bond acceptors (Lipinski definition) is 6. The van der Waals surface area contributed by atoms with Gasteiger partial charge in [-0.05, 0) is 74.5 Å². The number of carbonyl (C=O) groups excluding carboxylic acids is 2.